The standard InChI is InChI=1S/C19H20F3NO2/c20-15-4-2-1-3-14(15)19(25)7-9-23(10-8-19)12-18(24)13-5-6-16(21)17(22)11-13/h1-6,11,18,24-25H,7-10,12H2/t18-/m1/s1. The van der Waals surface area contributed by atoms with Crippen LogP contribution in [0.4, 0.5) is 13.2 Å². The predicted molar refractivity (Wildman–Crippen MR) is 87.3 cm³/mol. The number of likely N-dealkylation sites (tertiary alicyclic amines) is 1. The topological polar surface area (TPSA) is 43.7 Å². The number of hydrogen-bond donors (Lipinski definition) is 2. The van der Waals surface area contributed by atoms with Crippen LogP contribution in [0.15, 0.2) is 42.5 Å². The van der Waals surface area contributed by atoms with Crippen molar-refractivity contribution in [1.82, 2.24) is 4.90 Å². The van der Waals surface area contributed by atoms with Crippen molar-refractivity contribution in [1.29, 1.82) is 0 Å². The van der Waals surface area contributed by atoms with E-state index in [-0.39, 0.29) is 12.1 Å². The fourth-order valence-electron chi connectivity index (χ4n) is 3.28. The molecule has 0 spiro atoms. The van der Waals surface area contributed by atoms with Gasteiger partial charge < -0.3 is 15.1 Å². The molecule has 1 aliphatic heterocycles. The van der Waals surface area contributed by atoms with Gasteiger partial charge >= 0.3 is 0 Å². The first kappa shape index (κ1) is 17.9. The highest BCUT2D eigenvalue weighted by Crippen LogP contribution is 2.34. The highest BCUT2D eigenvalue weighted by Gasteiger charge is 2.36. The number of rotatable bonds is 4. The maximum Gasteiger partial charge on any atom is 0.159 e. The average Bonchev–Trinajstić information content (AvgIpc) is 2.60. The van der Waals surface area contributed by atoms with E-state index in [1.54, 1.807) is 18.2 Å². The second-order valence-corrected chi connectivity index (χ2v) is 6.50. The molecule has 1 atom stereocenters. The molecule has 1 saturated heterocycles. The Morgan fingerprint density at radius 2 is 1.64 bits per heavy atom. The highest BCUT2D eigenvalue weighted by molar-refractivity contribution is 5.25. The molecule has 2 N–H and O–H groups in total. The molecule has 0 amide bonds. The summed E-state index contributed by atoms with van der Waals surface area (Å²) in [5.41, 5.74) is -0.640. The number of aliphatic hydroxyl groups is 2. The van der Waals surface area contributed by atoms with Crippen molar-refractivity contribution >= 4 is 0 Å². The zero-order valence-corrected chi connectivity index (χ0v) is 13.6. The minimum atomic E-state index is -1.23. The summed E-state index contributed by atoms with van der Waals surface area (Å²) in [5.74, 6) is -2.38. The number of nitrogens with zero attached hydrogens (tertiary/aromatic N) is 1. The lowest BCUT2D eigenvalue weighted by atomic mass is 9.84. The van der Waals surface area contributed by atoms with E-state index in [0.717, 1.165) is 12.1 Å². The number of piperidine rings is 1. The van der Waals surface area contributed by atoms with Gasteiger partial charge in [-0.05, 0) is 36.6 Å². The number of hydrogen-bond acceptors (Lipinski definition) is 3. The van der Waals surface area contributed by atoms with Crippen molar-refractivity contribution in [2.45, 2.75) is 24.5 Å². The number of aliphatic hydroxyl groups excluding tert-OH is 1. The van der Waals surface area contributed by atoms with Gasteiger partial charge in [0.1, 0.15) is 5.82 Å². The molecule has 1 heterocycles. The Bertz CT molecular complexity index is 745. The van der Waals surface area contributed by atoms with Gasteiger partial charge in [0.25, 0.3) is 0 Å². The van der Waals surface area contributed by atoms with Crippen molar-refractivity contribution in [2.75, 3.05) is 19.6 Å². The van der Waals surface area contributed by atoms with Crippen LogP contribution in [-0.2, 0) is 5.60 Å². The second kappa shape index (κ2) is 7.15. The lowest BCUT2D eigenvalue weighted by Gasteiger charge is -2.39. The zero-order chi connectivity index (χ0) is 18.0. The fourth-order valence-corrected chi connectivity index (χ4v) is 3.28. The van der Waals surface area contributed by atoms with Crippen molar-refractivity contribution in [3.63, 3.8) is 0 Å². The van der Waals surface area contributed by atoms with E-state index in [1.165, 1.54) is 12.1 Å². The third-order valence-corrected chi connectivity index (χ3v) is 4.82. The van der Waals surface area contributed by atoms with Crippen LogP contribution >= 0.6 is 0 Å². The normalized spacial score (nSPS) is 18.9. The maximum absolute atomic E-state index is 13.9. The average molecular weight is 351 g/mol. The second-order valence-electron chi connectivity index (χ2n) is 6.50. The third kappa shape index (κ3) is 3.86. The minimum Gasteiger partial charge on any atom is -0.387 e. The van der Waals surface area contributed by atoms with Gasteiger partial charge in [0.15, 0.2) is 11.6 Å². The Morgan fingerprint density at radius 3 is 2.28 bits per heavy atom. The van der Waals surface area contributed by atoms with Crippen LogP contribution < -0.4 is 0 Å². The first-order chi connectivity index (χ1) is 11.9. The SMILES string of the molecule is O[C@H](CN1CCC(O)(c2ccccc2F)CC1)c1ccc(F)c(F)c1. The molecule has 0 aliphatic carbocycles. The van der Waals surface area contributed by atoms with Crippen LogP contribution in [0.5, 0.6) is 0 Å². The molecule has 25 heavy (non-hydrogen) atoms. The summed E-state index contributed by atoms with van der Waals surface area (Å²) in [5, 5.41) is 21.0. The van der Waals surface area contributed by atoms with Gasteiger partial charge in [-0.25, -0.2) is 13.2 Å². The molecular weight excluding hydrogens is 331 g/mol. The van der Waals surface area contributed by atoms with E-state index in [9.17, 15) is 23.4 Å². The van der Waals surface area contributed by atoms with Crippen LogP contribution in [-0.4, -0.2) is 34.7 Å². The molecule has 2 aromatic carbocycles. The van der Waals surface area contributed by atoms with Gasteiger partial charge in [0.2, 0.25) is 0 Å². The Kier molecular flexibility index (Phi) is 5.13. The van der Waals surface area contributed by atoms with E-state index in [4.69, 9.17) is 0 Å². The van der Waals surface area contributed by atoms with E-state index >= 15 is 0 Å². The van der Waals surface area contributed by atoms with Crippen molar-refractivity contribution in [3.05, 3.63) is 71.0 Å². The molecule has 0 radical (unpaired) electrons. The van der Waals surface area contributed by atoms with Gasteiger partial charge in [-0.15, -0.1) is 0 Å². The van der Waals surface area contributed by atoms with Crippen molar-refractivity contribution in [2.24, 2.45) is 0 Å². The molecule has 0 bridgehead atoms. The summed E-state index contributed by atoms with van der Waals surface area (Å²) >= 11 is 0. The first-order valence-electron chi connectivity index (χ1n) is 8.22. The molecule has 6 heteroatoms. The Morgan fingerprint density at radius 1 is 0.960 bits per heavy atom. The molecule has 1 fully saturated rings. The summed E-state index contributed by atoms with van der Waals surface area (Å²) in [6.45, 7) is 1.16. The van der Waals surface area contributed by atoms with Gasteiger partial charge in [0.05, 0.1) is 11.7 Å². The van der Waals surface area contributed by atoms with Crippen LogP contribution in [0.2, 0.25) is 0 Å². The third-order valence-electron chi connectivity index (χ3n) is 4.82. The van der Waals surface area contributed by atoms with Gasteiger partial charge in [-0.2, -0.15) is 0 Å². The molecule has 2 aromatic rings. The molecular formula is C19H20F3NO2. The summed E-state index contributed by atoms with van der Waals surface area (Å²) in [6, 6.07) is 9.50. The number of benzene rings is 2. The molecule has 1 aliphatic rings. The maximum atomic E-state index is 13.9. The summed E-state index contributed by atoms with van der Waals surface area (Å²) < 4.78 is 40.2. The molecule has 3 rings (SSSR count). The van der Waals surface area contributed by atoms with Crippen LogP contribution in [0.3, 0.4) is 0 Å². The van der Waals surface area contributed by atoms with Crippen molar-refractivity contribution in [3.8, 4) is 0 Å². The molecule has 3 nitrogen and oxygen atoms in total. The smallest absolute Gasteiger partial charge is 0.159 e. The van der Waals surface area contributed by atoms with Crippen molar-refractivity contribution < 1.29 is 23.4 Å². The van der Waals surface area contributed by atoms with E-state index < -0.39 is 29.2 Å². The van der Waals surface area contributed by atoms with Crippen LogP contribution in [0, 0.1) is 17.5 Å². The highest BCUT2D eigenvalue weighted by atomic mass is 19.2. The summed E-state index contributed by atoms with van der Waals surface area (Å²) in [4.78, 5) is 1.92. The molecule has 0 unspecified atom stereocenters. The first-order valence-corrected chi connectivity index (χ1v) is 8.22. The van der Waals surface area contributed by atoms with Gasteiger partial charge in [-0.1, -0.05) is 24.3 Å². The quantitative estimate of drug-likeness (QED) is 0.890. The number of halogens is 3. The van der Waals surface area contributed by atoms with E-state index in [2.05, 4.69) is 0 Å². The van der Waals surface area contributed by atoms with Crippen LogP contribution in [0.25, 0.3) is 0 Å². The monoisotopic (exact) mass is 351 g/mol. The lowest BCUT2D eigenvalue weighted by molar-refractivity contribution is -0.0367. The zero-order valence-electron chi connectivity index (χ0n) is 13.6. The Hall–Kier alpha value is -1.89. The van der Waals surface area contributed by atoms with Crippen LogP contribution in [0.1, 0.15) is 30.1 Å². The molecule has 0 aromatic heterocycles. The number of β-amino-alcohol motifs (C(OH)–C–C–N with tert-alkyl or cyclic N) is 1. The molecule has 0 saturated carbocycles. The summed E-state index contributed by atoms with van der Waals surface area (Å²) in [7, 11) is 0. The largest absolute Gasteiger partial charge is 0.387 e. The minimum absolute atomic E-state index is 0.235. The predicted octanol–water partition coefficient (Wildman–Crippen LogP) is 3.12. The fraction of sp³-hybridized carbons (Fsp3) is 0.368. The Labute approximate surface area is 144 Å². The van der Waals surface area contributed by atoms with Gasteiger partial charge in [0, 0.05) is 25.2 Å². The van der Waals surface area contributed by atoms with E-state index in [0.29, 0.717) is 31.5 Å². The lowest BCUT2D eigenvalue weighted by Crippen LogP contribution is -2.44. The summed E-state index contributed by atoms with van der Waals surface area (Å²) in [6.07, 6.45) is -0.300. The van der Waals surface area contributed by atoms with E-state index in [1.807, 2.05) is 4.90 Å². The Balaban J connectivity index is 1.62. The molecule has 134 valence electrons. The van der Waals surface area contributed by atoms with Gasteiger partial charge in [-0.3, -0.25) is 0 Å².